The molecule has 2 fully saturated rings. The molecule has 0 radical (unpaired) electrons. The molecule has 0 aliphatic carbocycles. The van der Waals surface area contributed by atoms with Gasteiger partial charge in [0.05, 0.1) is 17.1 Å². The van der Waals surface area contributed by atoms with Gasteiger partial charge in [0, 0.05) is 30.9 Å². The highest BCUT2D eigenvalue weighted by molar-refractivity contribution is 6.32. The number of anilines is 1. The van der Waals surface area contributed by atoms with Crippen molar-refractivity contribution in [3.8, 4) is 11.8 Å². The van der Waals surface area contributed by atoms with E-state index in [4.69, 9.17) is 16.3 Å². The summed E-state index contributed by atoms with van der Waals surface area (Å²) in [6.45, 7) is 1.83. The van der Waals surface area contributed by atoms with Gasteiger partial charge in [-0.1, -0.05) is 41.9 Å². The van der Waals surface area contributed by atoms with Crippen LogP contribution in [0, 0.1) is 11.3 Å². The van der Waals surface area contributed by atoms with Crippen molar-refractivity contribution in [3.63, 3.8) is 0 Å². The number of carbonyl (C=O) groups is 1. The molecule has 31 heavy (non-hydrogen) atoms. The monoisotopic (exact) mass is 438 g/mol. The lowest BCUT2D eigenvalue weighted by Crippen LogP contribution is -2.47. The van der Waals surface area contributed by atoms with Gasteiger partial charge in [-0.05, 0) is 43.4 Å². The lowest BCUT2D eigenvalue weighted by molar-refractivity contribution is -0.133. The molecule has 162 valence electrons. The van der Waals surface area contributed by atoms with Crippen molar-refractivity contribution in [2.45, 2.75) is 50.4 Å². The van der Waals surface area contributed by atoms with Gasteiger partial charge < -0.3 is 15.0 Å². The first-order valence-corrected chi connectivity index (χ1v) is 11.2. The second-order valence-electron chi connectivity index (χ2n) is 8.11. The number of nitrogens with one attached hydrogen (secondary N) is 2. The van der Waals surface area contributed by atoms with E-state index in [1.807, 2.05) is 36.4 Å². The number of hydrogen-bond acceptors (Lipinski definition) is 5. The quantitative estimate of drug-likeness (QED) is 0.684. The molecule has 2 N–H and O–H groups in total. The smallest absolute Gasteiger partial charge is 0.240 e. The lowest BCUT2D eigenvalue weighted by Gasteiger charge is -2.24. The summed E-state index contributed by atoms with van der Waals surface area (Å²) in [5.41, 5.74) is 2.13. The highest BCUT2D eigenvalue weighted by atomic mass is 35.5. The molecule has 3 atom stereocenters. The fourth-order valence-electron chi connectivity index (χ4n) is 4.22. The Kier molecular flexibility index (Phi) is 6.96. The molecule has 4 rings (SSSR count). The molecule has 7 heteroatoms. The van der Waals surface area contributed by atoms with Gasteiger partial charge in [-0.25, -0.2) is 0 Å². The number of nitrogens with zero attached hydrogens (tertiary/aromatic N) is 2. The van der Waals surface area contributed by atoms with Crippen LogP contribution in [0.15, 0.2) is 48.5 Å². The van der Waals surface area contributed by atoms with Crippen LogP contribution < -0.4 is 15.4 Å². The Morgan fingerprint density at radius 1 is 1.23 bits per heavy atom. The van der Waals surface area contributed by atoms with Crippen molar-refractivity contribution in [2.75, 3.05) is 18.5 Å². The Hall–Kier alpha value is -2.75. The zero-order valence-electron chi connectivity index (χ0n) is 17.4. The number of halogens is 1. The average molecular weight is 439 g/mol. The zero-order valence-corrected chi connectivity index (χ0v) is 18.1. The normalized spacial score (nSPS) is 22.8. The molecule has 2 aliphatic heterocycles. The standard InChI is InChI=1S/C24H27ClN4O2/c25-21-10-8-18(27-15-17-5-2-1-3-6-17)13-23(21)31-16-19-9-11-22(28-19)24(30)29-12-4-7-20(29)14-26/h1-3,5-6,8,10,13,19-20,22,27-28H,4,7,9,11-12,15-16H2/t19-,20?,22+/m1/s1. The molecule has 0 bridgehead atoms. The number of likely N-dealkylation sites (tertiary alicyclic amines) is 1. The van der Waals surface area contributed by atoms with Gasteiger partial charge in [0.25, 0.3) is 0 Å². The van der Waals surface area contributed by atoms with E-state index in [0.29, 0.717) is 23.9 Å². The number of amides is 1. The van der Waals surface area contributed by atoms with E-state index in [1.54, 1.807) is 4.90 Å². The van der Waals surface area contributed by atoms with Crippen LogP contribution in [0.1, 0.15) is 31.2 Å². The van der Waals surface area contributed by atoms with Crippen LogP contribution in [0.2, 0.25) is 5.02 Å². The number of benzene rings is 2. The zero-order chi connectivity index (χ0) is 21.6. The number of ether oxygens (including phenoxy) is 1. The van der Waals surface area contributed by atoms with Crippen LogP contribution in [0.3, 0.4) is 0 Å². The molecule has 2 saturated heterocycles. The Morgan fingerprint density at radius 2 is 2.06 bits per heavy atom. The van der Waals surface area contributed by atoms with E-state index in [1.165, 1.54) is 5.56 Å². The third-order valence-corrected chi connectivity index (χ3v) is 6.25. The van der Waals surface area contributed by atoms with E-state index in [-0.39, 0.29) is 24.0 Å². The Balaban J connectivity index is 1.29. The summed E-state index contributed by atoms with van der Waals surface area (Å²) in [5.74, 6) is 0.664. The molecule has 2 aromatic carbocycles. The molecule has 2 aromatic rings. The second kappa shape index (κ2) is 10.0. The molecule has 0 aromatic heterocycles. The first kappa shape index (κ1) is 21.5. The Labute approximate surface area is 188 Å². The highest BCUT2D eigenvalue weighted by Gasteiger charge is 2.37. The van der Waals surface area contributed by atoms with Crippen molar-refractivity contribution in [3.05, 3.63) is 59.1 Å². The minimum atomic E-state index is -0.283. The summed E-state index contributed by atoms with van der Waals surface area (Å²) in [5, 5.41) is 16.6. The molecule has 2 aliphatic rings. The van der Waals surface area contributed by atoms with Crippen LogP contribution in [-0.2, 0) is 11.3 Å². The van der Waals surface area contributed by atoms with Gasteiger partial charge in [0.2, 0.25) is 5.91 Å². The fraction of sp³-hybridized carbons (Fsp3) is 0.417. The summed E-state index contributed by atoms with van der Waals surface area (Å²) in [6.07, 6.45) is 3.28. The van der Waals surface area contributed by atoms with Crippen molar-refractivity contribution in [2.24, 2.45) is 0 Å². The summed E-state index contributed by atoms with van der Waals surface area (Å²) in [6, 6.07) is 17.6. The third-order valence-electron chi connectivity index (χ3n) is 5.93. The Bertz CT molecular complexity index is 946. The third kappa shape index (κ3) is 5.30. The van der Waals surface area contributed by atoms with E-state index in [0.717, 1.165) is 37.9 Å². The van der Waals surface area contributed by atoms with Crippen LogP contribution in [-0.4, -0.2) is 42.1 Å². The van der Waals surface area contributed by atoms with E-state index in [9.17, 15) is 10.1 Å². The fourth-order valence-corrected chi connectivity index (χ4v) is 4.40. The van der Waals surface area contributed by atoms with Crippen LogP contribution >= 0.6 is 11.6 Å². The summed E-state index contributed by atoms with van der Waals surface area (Å²) >= 11 is 6.33. The van der Waals surface area contributed by atoms with Gasteiger partial charge in [-0.2, -0.15) is 5.26 Å². The number of hydrogen-bond donors (Lipinski definition) is 2. The molecular formula is C24H27ClN4O2. The molecule has 0 saturated carbocycles. The molecule has 2 heterocycles. The van der Waals surface area contributed by atoms with Crippen molar-refractivity contribution < 1.29 is 9.53 Å². The van der Waals surface area contributed by atoms with Gasteiger partial charge in [-0.15, -0.1) is 0 Å². The lowest BCUT2D eigenvalue weighted by atomic mass is 10.1. The molecule has 1 unspecified atom stereocenters. The first-order chi connectivity index (χ1) is 15.1. The predicted octanol–water partition coefficient (Wildman–Crippen LogP) is 3.97. The van der Waals surface area contributed by atoms with Gasteiger partial charge >= 0.3 is 0 Å². The minimum absolute atomic E-state index is 0.0386. The number of nitriles is 1. The maximum absolute atomic E-state index is 12.8. The molecule has 1 amide bonds. The van der Waals surface area contributed by atoms with Crippen LogP contribution in [0.25, 0.3) is 0 Å². The van der Waals surface area contributed by atoms with Crippen LogP contribution in [0.4, 0.5) is 5.69 Å². The van der Waals surface area contributed by atoms with Gasteiger partial charge in [0.15, 0.2) is 0 Å². The molecular weight excluding hydrogens is 412 g/mol. The Morgan fingerprint density at radius 3 is 2.87 bits per heavy atom. The van der Waals surface area contributed by atoms with Gasteiger partial charge in [-0.3, -0.25) is 10.1 Å². The number of rotatable bonds is 7. The second-order valence-corrected chi connectivity index (χ2v) is 8.51. The first-order valence-electron chi connectivity index (χ1n) is 10.8. The predicted molar refractivity (Wildman–Crippen MR) is 121 cm³/mol. The van der Waals surface area contributed by atoms with Crippen molar-refractivity contribution in [1.29, 1.82) is 5.26 Å². The summed E-state index contributed by atoms with van der Waals surface area (Å²) in [7, 11) is 0. The van der Waals surface area contributed by atoms with Gasteiger partial charge in [0.1, 0.15) is 18.4 Å². The topological polar surface area (TPSA) is 77.4 Å². The van der Waals surface area contributed by atoms with E-state index in [2.05, 4.69) is 28.8 Å². The van der Waals surface area contributed by atoms with Crippen LogP contribution in [0.5, 0.6) is 5.75 Å². The van der Waals surface area contributed by atoms with Crippen molar-refractivity contribution in [1.82, 2.24) is 10.2 Å². The minimum Gasteiger partial charge on any atom is -0.490 e. The maximum Gasteiger partial charge on any atom is 0.240 e. The van der Waals surface area contributed by atoms with E-state index < -0.39 is 0 Å². The highest BCUT2D eigenvalue weighted by Crippen LogP contribution is 2.29. The largest absolute Gasteiger partial charge is 0.490 e. The maximum atomic E-state index is 12.8. The SMILES string of the molecule is N#CC1CCCN1C(=O)[C@@H]1CC[C@H](COc2cc(NCc3ccccc3)ccc2Cl)N1. The number of carbonyl (C=O) groups excluding carboxylic acids is 1. The average Bonchev–Trinajstić information content (AvgIpc) is 3.47. The summed E-state index contributed by atoms with van der Waals surface area (Å²) < 4.78 is 6.00. The van der Waals surface area contributed by atoms with E-state index >= 15 is 0 Å². The molecule has 6 nitrogen and oxygen atoms in total. The van der Waals surface area contributed by atoms with Crippen molar-refractivity contribution >= 4 is 23.2 Å². The molecule has 0 spiro atoms. The summed E-state index contributed by atoms with van der Waals surface area (Å²) in [4.78, 5) is 14.5.